The Hall–Kier alpha value is -0.390. The van der Waals surface area contributed by atoms with E-state index in [1.807, 2.05) is 23.3 Å². The molecule has 0 aliphatic rings. The van der Waals surface area contributed by atoms with Gasteiger partial charge >= 0.3 is 0 Å². The maximum atomic E-state index is 5.71. The molecule has 1 unspecified atom stereocenters. The molecule has 4 nitrogen and oxygen atoms in total. The van der Waals surface area contributed by atoms with Gasteiger partial charge in [0.05, 0.1) is 0 Å². The van der Waals surface area contributed by atoms with E-state index >= 15 is 0 Å². The summed E-state index contributed by atoms with van der Waals surface area (Å²) in [6, 6.07) is 0. The van der Waals surface area contributed by atoms with E-state index in [-0.39, 0.29) is 23.1 Å². The van der Waals surface area contributed by atoms with Crippen LogP contribution in [0.2, 0.25) is 0 Å². The van der Waals surface area contributed by atoms with Gasteiger partial charge in [-0.3, -0.25) is 10.7 Å². The van der Waals surface area contributed by atoms with Crippen LogP contribution in [0.1, 0.15) is 12.6 Å². The molecule has 64 valence electrons. The highest BCUT2D eigenvalue weighted by atomic mass is 79.9. The third-order valence-corrected chi connectivity index (χ3v) is 1.41. The molecule has 0 bridgehead atoms. The summed E-state index contributed by atoms with van der Waals surface area (Å²) < 4.78 is 1.90. The van der Waals surface area contributed by atoms with Crippen LogP contribution in [0.15, 0.2) is 18.7 Å². The predicted octanol–water partition coefficient (Wildman–Crippen LogP) is -3.89. The van der Waals surface area contributed by atoms with Crippen molar-refractivity contribution in [2.45, 2.75) is 12.6 Å². The molecular formula is C6H13BrN4. The number of hydrogen-bond acceptors (Lipinski definition) is 2. The van der Waals surface area contributed by atoms with E-state index in [9.17, 15) is 0 Å². The lowest BCUT2D eigenvalue weighted by Crippen LogP contribution is -3.00. The van der Waals surface area contributed by atoms with Gasteiger partial charge < -0.3 is 22.7 Å². The lowest BCUT2D eigenvalue weighted by Gasteiger charge is -2.03. The van der Waals surface area contributed by atoms with E-state index in [0.29, 0.717) is 6.54 Å². The monoisotopic (exact) mass is 220 g/mol. The third kappa shape index (κ3) is 3.00. The summed E-state index contributed by atoms with van der Waals surface area (Å²) in [5, 5.41) is 0. The van der Waals surface area contributed by atoms with Crippen LogP contribution in [0.4, 0.5) is 0 Å². The topological polar surface area (TPSA) is 71.7 Å². The van der Waals surface area contributed by atoms with Crippen molar-refractivity contribution < 1.29 is 21.5 Å². The molecule has 0 saturated carbocycles. The lowest BCUT2D eigenvalue weighted by atomic mass is 10.3. The standard InChI is InChI=1S/C6H12N4.BrH/c7-2-1-6(8)10-4-3-9-5-10;/h3-6H,1-2,7-8H2;1H. The van der Waals surface area contributed by atoms with Crippen LogP contribution in [-0.2, 0) is 0 Å². The molecule has 5 heteroatoms. The first-order valence-corrected chi connectivity index (χ1v) is 3.34. The lowest BCUT2D eigenvalue weighted by molar-refractivity contribution is -0.721. The highest BCUT2D eigenvalue weighted by Crippen LogP contribution is 1.88. The maximum absolute atomic E-state index is 5.71. The third-order valence-electron chi connectivity index (χ3n) is 1.41. The van der Waals surface area contributed by atoms with Crippen molar-refractivity contribution in [1.29, 1.82) is 0 Å². The Morgan fingerprint density at radius 2 is 2.27 bits per heavy atom. The summed E-state index contributed by atoms with van der Waals surface area (Å²) >= 11 is 0. The molecule has 1 rings (SSSR count). The first kappa shape index (κ1) is 10.6. The number of nitrogens with one attached hydrogen (secondary N) is 1. The minimum absolute atomic E-state index is 0. The first-order valence-electron chi connectivity index (χ1n) is 3.34. The normalized spacial score (nSPS) is 12.2. The summed E-state index contributed by atoms with van der Waals surface area (Å²) in [5.41, 5.74) is 11.0. The Bertz CT molecular complexity index is 175. The van der Waals surface area contributed by atoms with Crippen molar-refractivity contribution in [2.75, 3.05) is 6.54 Å². The number of H-pyrrole nitrogens is 1. The van der Waals surface area contributed by atoms with Crippen LogP contribution in [0.3, 0.4) is 0 Å². The van der Waals surface area contributed by atoms with Crippen molar-refractivity contribution in [3.8, 4) is 0 Å². The van der Waals surface area contributed by atoms with Crippen LogP contribution < -0.4 is 33.0 Å². The van der Waals surface area contributed by atoms with Gasteiger partial charge in [-0.05, 0) is 6.54 Å². The molecule has 5 N–H and O–H groups in total. The summed E-state index contributed by atoms with van der Waals surface area (Å²) in [6.45, 7) is 0.624. The molecule has 0 radical (unpaired) electrons. The number of aromatic nitrogens is 2. The van der Waals surface area contributed by atoms with Gasteiger partial charge in [0, 0.05) is 6.42 Å². The molecule has 0 saturated heterocycles. The maximum Gasteiger partial charge on any atom is 0.242 e. The van der Waals surface area contributed by atoms with E-state index in [2.05, 4.69) is 4.98 Å². The number of rotatable bonds is 3. The van der Waals surface area contributed by atoms with Crippen molar-refractivity contribution in [3.63, 3.8) is 0 Å². The number of hydrogen-bond donors (Lipinski definition) is 3. The van der Waals surface area contributed by atoms with Crippen LogP contribution >= 0.6 is 0 Å². The average molecular weight is 221 g/mol. The van der Waals surface area contributed by atoms with Gasteiger partial charge in [0.15, 0.2) is 6.17 Å². The number of nitrogens with zero attached hydrogens (tertiary/aromatic N) is 1. The van der Waals surface area contributed by atoms with Gasteiger partial charge in [0.1, 0.15) is 12.4 Å². The van der Waals surface area contributed by atoms with E-state index in [1.54, 1.807) is 0 Å². The van der Waals surface area contributed by atoms with E-state index in [1.165, 1.54) is 0 Å². The zero-order chi connectivity index (χ0) is 7.40. The van der Waals surface area contributed by atoms with Gasteiger partial charge in [0.25, 0.3) is 0 Å². The van der Waals surface area contributed by atoms with Crippen molar-refractivity contribution in [1.82, 2.24) is 4.98 Å². The fraction of sp³-hybridized carbons (Fsp3) is 0.500. The number of imidazole rings is 1. The molecule has 1 aromatic rings. The minimum atomic E-state index is 0. The van der Waals surface area contributed by atoms with Crippen LogP contribution in [0, 0.1) is 0 Å². The second-order valence-electron chi connectivity index (χ2n) is 2.20. The zero-order valence-corrected chi connectivity index (χ0v) is 7.79. The summed E-state index contributed by atoms with van der Waals surface area (Å²) in [4.78, 5) is 2.91. The van der Waals surface area contributed by atoms with Crippen LogP contribution in [0.5, 0.6) is 0 Å². The fourth-order valence-electron chi connectivity index (χ4n) is 0.827. The smallest absolute Gasteiger partial charge is 0.242 e. The van der Waals surface area contributed by atoms with Crippen molar-refractivity contribution in [2.24, 2.45) is 11.5 Å². The Kier molecular flexibility index (Phi) is 5.10. The van der Waals surface area contributed by atoms with Crippen molar-refractivity contribution >= 4 is 0 Å². The SMILES string of the molecule is NCCC(N)[n+]1cc[nH]c1.[Br-]. The van der Waals surface area contributed by atoms with E-state index in [0.717, 1.165) is 6.42 Å². The van der Waals surface area contributed by atoms with Crippen molar-refractivity contribution in [3.05, 3.63) is 18.7 Å². The molecular weight excluding hydrogens is 208 g/mol. The predicted molar refractivity (Wildman–Crippen MR) is 37.9 cm³/mol. The van der Waals surface area contributed by atoms with Gasteiger partial charge in [-0.1, -0.05) is 0 Å². The number of nitrogens with two attached hydrogens (primary N) is 2. The van der Waals surface area contributed by atoms with E-state index < -0.39 is 0 Å². The molecule has 0 amide bonds. The average Bonchev–Trinajstić information content (AvgIpc) is 2.38. The van der Waals surface area contributed by atoms with Gasteiger partial charge in [-0.25, -0.2) is 4.57 Å². The second-order valence-corrected chi connectivity index (χ2v) is 2.20. The quantitative estimate of drug-likeness (QED) is 0.457. The van der Waals surface area contributed by atoms with Gasteiger partial charge in [-0.15, -0.1) is 0 Å². The zero-order valence-electron chi connectivity index (χ0n) is 6.20. The summed E-state index contributed by atoms with van der Waals surface area (Å²) in [7, 11) is 0. The fourth-order valence-corrected chi connectivity index (χ4v) is 0.827. The largest absolute Gasteiger partial charge is 1.00 e. The van der Waals surface area contributed by atoms with E-state index in [4.69, 9.17) is 11.5 Å². The first-order chi connectivity index (χ1) is 4.84. The highest BCUT2D eigenvalue weighted by molar-refractivity contribution is 4.57. The Labute approximate surface area is 76.4 Å². The Morgan fingerprint density at radius 1 is 1.55 bits per heavy atom. The van der Waals surface area contributed by atoms with Crippen LogP contribution in [0.25, 0.3) is 0 Å². The van der Waals surface area contributed by atoms with Gasteiger partial charge in [0.2, 0.25) is 6.33 Å². The minimum Gasteiger partial charge on any atom is -1.00 e. The molecule has 1 heterocycles. The molecule has 0 spiro atoms. The highest BCUT2D eigenvalue weighted by Gasteiger charge is 2.06. The molecule has 0 aromatic carbocycles. The Balaban J connectivity index is 0.000001000. The number of halogens is 1. The summed E-state index contributed by atoms with van der Waals surface area (Å²) in [5.74, 6) is 0. The second kappa shape index (κ2) is 5.29. The molecule has 1 atom stereocenters. The molecule has 0 aliphatic heterocycles. The van der Waals surface area contributed by atoms with Gasteiger partial charge in [-0.2, -0.15) is 0 Å². The Morgan fingerprint density at radius 3 is 2.73 bits per heavy atom. The molecule has 0 fully saturated rings. The summed E-state index contributed by atoms with van der Waals surface area (Å²) in [6.07, 6.45) is 6.36. The molecule has 1 aromatic heterocycles. The molecule has 0 aliphatic carbocycles. The van der Waals surface area contributed by atoms with Crippen LogP contribution in [-0.4, -0.2) is 11.5 Å². The number of aromatic amines is 1. The molecule has 11 heavy (non-hydrogen) atoms.